The lowest BCUT2D eigenvalue weighted by molar-refractivity contribution is 0.0526. The first-order valence-corrected chi connectivity index (χ1v) is 6.85. The molecule has 0 aliphatic heterocycles. The number of ether oxygens (including phenoxy) is 1. The van der Waals surface area contributed by atoms with Crippen LogP contribution >= 0.6 is 0 Å². The highest BCUT2D eigenvalue weighted by Gasteiger charge is 2.16. The summed E-state index contributed by atoms with van der Waals surface area (Å²) >= 11 is 0. The van der Waals surface area contributed by atoms with Crippen molar-refractivity contribution in [2.24, 2.45) is 0 Å². The van der Waals surface area contributed by atoms with E-state index in [2.05, 4.69) is 5.32 Å². The Morgan fingerprint density at radius 3 is 2.39 bits per heavy atom. The fourth-order valence-corrected chi connectivity index (χ4v) is 1.51. The van der Waals surface area contributed by atoms with Crippen LogP contribution in [0.2, 0.25) is 0 Å². The molecule has 0 saturated heterocycles. The minimum atomic E-state index is -4.14. The summed E-state index contributed by atoms with van der Waals surface area (Å²) in [7, 11) is -4.14. The Hall–Kier alpha value is -1.60. The molecule has 1 aromatic rings. The maximum absolute atomic E-state index is 11.4. The highest BCUT2D eigenvalue weighted by atomic mass is 32.2. The lowest BCUT2D eigenvalue weighted by Crippen LogP contribution is -2.25. The van der Waals surface area contributed by atoms with Crippen LogP contribution in [0.15, 0.2) is 24.3 Å². The summed E-state index contributed by atoms with van der Waals surface area (Å²) in [6, 6.07) is 6.09. The molecule has 0 saturated carbocycles. The molecular weight excluding hydrogens is 258 g/mol. The van der Waals surface area contributed by atoms with E-state index < -0.39 is 21.5 Å². The zero-order chi connectivity index (χ0) is 13.8. The standard InChI is InChI=1S/C11H15NO5S/c1-3-17-11(13)9-4-6-10(7-5-9)12-8(2)18(14,15)16/h4-8,12H,3H2,1-2H3,(H,14,15,16). The van der Waals surface area contributed by atoms with Gasteiger partial charge in [-0.15, -0.1) is 0 Å². The van der Waals surface area contributed by atoms with E-state index in [-0.39, 0.29) is 0 Å². The van der Waals surface area contributed by atoms with Crippen molar-refractivity contribution < 1.29 is 22.5 Å². The molecule has 1 atom stereocenters. The van der Waals surface area contributed by atoms with E-state index >= 15 is 0 Å². The molecule has 18 heavy (non-hydrogen) atoms. The van der Waals surface area contributed by atoms with E-state index in [1.54, 1.807) is 6.92 Å². The predicted molar refractivity (Wildman–Crippen MR) is 67.0 cm³/mol. The molecule has 100 valence electrons. The number of hydrogen-bond donors (Lipinski definition) is 2. The first-order chi connectivity index (χ1) is 8.34. The molecule has 0 aromatic heterocycles. The van der Waals surface area contributed by atoms with Gasteiger partial charge in [-0.25, -0.2) is 4.79 Å². The number of rotatable bonds is 5. The fraction of sp³-hybridized carbons (Fsp3) is 0.364. The Labute approximate surface area is 106 Å². The normalized spacial score (nSPS) is 12.8. The molecule has 0 amide bonds. The Kier molecular flexibility index (Phi) is 4.69. The van der Waals surface area contributed by atoms with Crippen LogP contribution in [0.4, 0.5) is 5.69 Å². The van der Waals surface area contributed by atoms with Crippen molar-refractivity contribution in [3.8, 4) is 0 Å². The van der Waals surface area contributed by atoms with E-state index in [0.29, 0.717) is 17.9 Å². The zero-order valence-electron chi connectivity index (χ0n) is 10.1. The number of carbonyl (C=O) groups is 1. The van der Waals surface area contributed by atoms with E-state index in [9.17, 15) is 13.2 Å². The number of carbonyl (C=O) groups excluding carboxylic acids is 1. The Morgan fingerprint density at radius 2 is 1.94 bits per heavy atom. The van der Waals surface area contributed by atoms with Crippen LogP contribution in [0.3, 0.4) is 0 Å². The Bertz CT molecular complexity index is 509. The minimum Gasteiger partial charge on any atom is -0.462 e. The molecule has 0 aliphatic carbocycles. The molecule has 0 radical (unpaired) electrons. The summed E-state index contributed by atoms with van der Waals surface area (Å²) in [5.41, 5.74) is 0.857. The molecular formula is C11H15NO5S. The van der Waals surface area contributed by atoms with Gasteiger partial charge in [-0.3, -0.25) is 4.55 Å². The van der Waals surface area contributed by atoms with Gasteiger partial charge in [0.25, 0.3) is 10.1 Å². The predicted octanol–water partition coefficient (Wildman–Crippen LogP) is 1.51. The van der Waals surface area contributed by atoms with Gasteiger partial charge in [-0.2, -0.15) is 8.42 Å². The van der Waals surface area contributed by atoms with Crippen molar-refractivity contribution in [3.05, 3.63) is 29.8 Å². The SMILES string of the molecule is CCOC(=O)c1ccc(NC(C)S(=O)(=O)O)cc1. The second kappa shape index (κ2) is 5.83. The molecule has 1 aromatic carbocycles. The van der Waals surface area contributed by atoms with Crippen molar-refractivity contribution in [2.75, 3.05) is 11.9 Å². The minimum absolute atomic E-state index is 0.290. The van der Waals surface area contributed by atoms with E-state index in [1.807, 2.05) is 0 Å². The number of anilines is 1. The summed E-state index contributed by atoms with van der Waals surface area (Å²) in [4.78, 5) is 11.4. The number of benzene rings is 1. The maximum atomic E-state index is 11.4. The van der Waals surface area contributed by atoms with Gasteiger partial charge in [0.05, 0.1) is 12.2 Å². The monoisotopic (exact) mass is 273 g/mol. The van der Waals surface area contributed by atoms with Crippen LogP contribution in [-0.4, -0.2) is 30.9 Å². The second-order valence-corrected chi connectivity index (χ2v) is 5.34. The smallest absolute Gasteiger partial charge is 0.338 e. The summed E-state index contributed by atoms with van der Waals surface area (Å²) in [5.74, 6) is -0.438. The number of nitrogens with one attached hydrogen (secondary N) is 1. The quantitative estimate of drug-likeness (QED) is 0.624. The molecule has 0 bridgehead atoms. The van der Waals surface area contributed by atoms with Crippen LogP contribution in [0.25, 0.3) is 0 Å². The van der Waals surface area contributed by atoms with Gasteiger partial charge in [0.15, 0.2) is 5.37 Å². The molecule has 1 unspecified atom stereocenters. The number of esters is 1. The molecule has 6 nitrogen and oxygen atoms in total. The van der Waals surface area contributed by atoms with Crippen LogP contribution in [0.1, 0.15) is 24.2 Å². The summed E-state index contributed by atoms with van der Waals surface area (Å²) < 4.78 is 35.2. The summed E-state index contributed by atoms with van der Waals surface area (Å²) in [6.45, 7) is 3.31. The fourth-order valence-electron chi connectivity index (χ4n) is 1.23. The first kappa shape index (κ1) is 14.5. The van der Waals surface area contributed by atoms with Crippen LogP contribution < -0.4 is 5.32 Å². The van der Waals surface area contributed by atoms with Crippen molar-refractivity contribution in [3.63, 3.8) is 0 Å². The van der Waals surface area contributed by atoms with Gasteiger partial charge in [-0.1, -0.05) is 0 Å². The highest BCUT2D eigenvalue weighted by molar-refractivity contribution is 7.86. The van der Waals surface area contributed by atoms with Crippen LogP contribution in [0.5, 0.6) is 0 Å². The molecule has 2 N–H and O–H groups in total. The van der Waals surface area contributed by atoms with E-state index in [1.165, 1.54) is 31.2 Å². The van der Waals surface area contributed by atoms with Gasteiger partial charge in [0.2, 0.25) is 0 Å². The van der Waals surface area contributed by atoms with Crippen molar-refractivity contribution in [1.82, 2.24) is 0 Å². The van der Waals surface area contributed by atoms with Crippen molar-refractivity contribution in [2.45, 2.75) is 19.2 Å². The summed E-state index contributed by atoms with van der Waals surface area (Å²) in [6.07, 6.45) is 0. The lowest BCUT2D eigenvalue weighted by Gasteiger charge is -2.12. The molecule has 1 rings (SSSR count). The third kappa shape index (κ3) is 4.01. The zero-order valence-corrected chi connectivity index (χ0v) is 10.9. The second-order valence-electron chi connectivity index (χ2n) is 3.60. The van der Waals surface area contributed by atoms with Crippen molar-refractivity contribution in [1.29, 1.82) is 0 Å². The van der Waals surface area contributed by atoms with Gasteiger partial charge in [-0.05, 0) is 38.1 Å². The molecule has 7 heteroatoms. The topological polar surface area (TPSA) is 92.7 Å². The molecule has 0 heterocycles. The average Bonchev–Trinajstić information content (AvgIpc) is 2.29. The lowest BCUT2D eigenvalue weighted by atomic mass is 10.2. The third-order valence-electron chi connectivity index (χ3n) is 2.21. The molecule has 0 aliphatic rings. The van der Waals surface area contributed by atoms with Crippen LogP contribution in [-0.2, 0) is 14.9 Å². The largest absolute Gasteiger partial charge is 0.462 e. The Morgan fingerprint density at radius 1 is 1.39 bits per heavy atom. The average molecular weight is 273 g/mol. The van der Waals surface area contributed by atoms with Gasteiger partial charge < -0.3 is 10.1 Å². The Balaban J connectivity index is 2.75. The number of hydrogen-bond acceptors (Lipinski definition) is 5. The van der Waals surface area contributed by atoms with E-state index in [0.717, 1.165) is 0 Å². The summed E-state index contributed by atoms with van der Waals surface area (Å²) in [5, 5.41) is 1.47. The molecule has 0 fully saturated rings. The van der Waals surface area contributed by atoms with E-state index in [4.69, 9.17) is 9.29 Å². The van der Waals surface area contributed by atoms with Gasteiger partial charge in [0.1, 0.15) is 0 Å². The van der Waals surface area contributed by atoms with Crippen LogP contribution in [0, 0.1) is 0 Å². The van der Waals surface area contributed by atoms with Crippen molar-refractivity contribution >= 4 is 21.8 Å². The maximum Gasteiger partial charge on any atom is 0.338 e. The van der Waals surface area contributed by atoms with Gasteiger partial charge in [0, 0.05) is 5.69 Å². The first-order valence-electron chi connectivity index (χ1n) is 5.34. The van der Waals surface area contributed by atoms with Gasteiger partial charge >= 0.3 is 5.97 Å². The molecule has 0 spiro atoms. The third-order valence-corrected chi connectivity index (χ3v) is 3.22. The highest BCUT2D eigenvalue weighted by Crippen LogP contribution is 2.13.